The molecule has 0 unspecified atom stereocenters. The van der Waals surface area contributed by atoms with E-state index in [1.165, 1.54) is 61.5 Å². The zero-order valence-corrected chi connectivity index (χ0v) is 21.6. The largest absolute Gasteiger partial charge is 0.217 e. The molecule has 0 amide bonds. The summed E-state index contributed by atoms with van der Waals surface area (Å²) in [5.41, 5.74) is 15.5. The van der Waals surface area contributed by atoms with Crippen LogP contribution in [0, 0.1) is 0 Å². The predicted molar refractivity (Wildman–Crippen MR) is 153 cm³/mol. The second-order valence-corrected chi connectivity index (χ2v) is 10.6. The predicted octanol–water partition coefficient (Wildman–Crippen LogP) is 8.07. The Morgan fingerprint density at radius 2 is 1.11 bits per heavy atom. The van der Waals surface area contributed by atoms with Gasteiger partial charge >= 0.3 is 0 Å². The smallest absolute Gasteiger partial charge is 0.190 e. The molecule has 2 aliphatic carbocycles. The Morgan fingerprint density at radius 3 is 1.73 bits per heavy atom. The lowest BCUT2D eigenvalue weighted by atomic mass is 9.77. The fourth-order valence-corrected chi connectivity index (χ4v) is 6.76. The number of fused-ring (bicyclic) bond motifs is 6. The van der Waals surface area contributed by atoms with E-state index in [4.69, 9.17) is 11.6 Å². The minimum atomic E-state index is 0.854. The first-order valence-corrected chi connectivity index (χ1v) is 13.7. The lowest BCUT2D eigenvalue weighted by Crippen LogP contribution is -2.44. The number of hydrogen-bond donors (Lipinski definition) is 0. The summed E-state index contributed by atoms with van der Waals surface area (Å²) >= 11 is 6.64. The van der Waals surface area contributed by atoms with Crippen LogP contribution in [0.4, 0.5) is 0 Å². The number of pyridine rings is 1. The Bertz CT molecular complexity index is 1560. The number of hydrogen-bond acceptors (Lipinski definition) is 0. The maximum Gasteiger partial charge on any atom is 0.217 e. The number of aryl methyl sites for hydroxylation is 3. The number of aromatic nitrogens is 1. The van der Waals surface area contributed by atoms with Gasteiger partial charge in [-0.05, 0) is 66.1 Å². The van der Waals surface area contributed by atoms with Crippen molar-refractivity contribution in [3.63, 3.8) is 0 Å². The van der Waals surface area contributed by atoms with Crippen LogP contribution in [-0.4, -0.2) is 0 Å². The van der Waals surface area contributed by atoms with Crippen molar-refractivity contribution >= 4 is 11.6 Å². The maximum absolute atomic E-state index is 6.64. The van der Waals surface area contributed by atoms with Crippen molar-refractivity contribution in [3.05, 3.63) is 136 Å². The molecule has 0 atom stereocenters. The lowest BCUT2D eigenvalue weighted by molar-refractivity contribution is -0.675. The molecule has 1 aromatic heterocycles. The average molecular weight is 499 g/mol. The SMILES string of the molecule is Clc1ccccc1CC[n+]1c2c(c(-c3ccccc3)c3c1-c1ccccc1CC3)CCc1ccccc1-2. The standard InChI is InChI=1S/C35H29ClN/c36-32-17-9-6-12-26(32)22-23-37-34-28-15-7-4-10-24(28)18-20-30(34)33(27-13-2-1-3-14-27)31-21-19-25-11-5-8-16-29(25)35(31)37/h1-17H,18-23H2/q+1. The van der Waals surface area contributed by atoms with E-state index < -0.39 is 0 Å². The van der Waals surface area contributed by atoms with E-state index in [9.17, 15) is 0 Å². The zero-order valence-electron chi connectivity index (χ0n) is 20.9. The van der Waals surface area contributed by atoms with E-state index in [1.807, 2.05) is 12.1 Å². The van der Waals surface area contributed by atoms with Crippen molar-refractivity contribution in [2.45, 2.75) is 38.6 Å². The van der Waals surface area contributed by atoms with E-state index in [2.05, 4.69) is 95.6 Å². The molecule has 2 heteroatoms. The minimum absolute atomic E-state index is 0.854. The first-order chi connectivity index (χ1) is 18.3. The van der Waals surface area contributed by atoms with E-state index in [0.29, 0.717) is 0 Å². The lowest BCUT2D eigenvalue weighted by Gasteiger charge is -2.28. The second-order valence-electron chi connectivity index (χ2n) is 10.2. The van der Waals surface area contributed by atoms with Gasteiger partial charge in [0.25, 0.3) is 0 Å². The fraction of sp³-hybridized carbons (Fsp3) is 0.171. The first kappa shape index (κ1) is 22.5. The highest BCUT2D eigenvalue weighted by molar-refractivity contribution is 6.31. The summed E-state index contributed by atoms with van der Waals surface area (Å²) in [6, 6.07) is 37.4. The van der Waals surface area contributed by atoms with Gasteiger partial charge in [0.15, 0.2) is 6.54 Å². The van der Waals surface area contributed by atoms with Crippen molar-refractivity contribution < 1.29 is 4.57 Å². The molecule has 2 aliphatic rings. The summed E-state index contributed by atoms with van der Waals surface area (Å²) in [4.78, 5) is 0. The summed E-state index contributed by atoms with van der Waals surface area (Å²) in [6.45, 7) is 0.895. The molecule has 5 aromatic rings. The van der Waals surface area contributed by atoms with Crippen molar-refractivity contribution in [3.8, 4) is 33.6 Å². The van der Waals surface area contributed by atoms with Crippen LogP contribution in [0.15, 0.2) is 103 Å². The monoisotopic (exact) mass is 498 g/mol. The normalized spacial score (nSPS) is 13.3. The van der Waals surface area contributed by atoms with Gasteiger partial charge in [0.1, 0.15) is 0 Å². The van der Waals surface area contributed by atoms with Crippen LogP contribution < -0.4 is 4.57 Å². The maximum atomic E-state index is 6.64. The van der Waals surface area contributed by atoms with Crippen LogP contribution in [0.25, 0.3) is 33.6 Å². The minimum Gasteiger partial charge on any atom is -0.190 e. The van der Waals surface area contributed by atoms with Crippen molar-refractivity contribution in [1.82, 2.24) is 0 Å². The van der Waals surface area contributed by atoms with Crippen LogP contribution in [0.2, 0.25) is 5.02 Å². The average Bonchev–Trinajstić information content (AvgIpc) is 2.96. The van der Waals surface area contributed by atoms with Gasteiger partial charge < -0.3 is 0 Å². The molecule has 7 rings (SSSR count). The molecule has 0 N–H and O–H groups in total. The summed E-state index contributed by atoms with van der Waals surface area (Å²) in [5.74, 6) is 0. The van der Waals surface area contributed by atoms with Gasteiger partial charge in [-0.2, -0.15) is 4.57 Å². The summed E-state index contributed by atoms with van der Waals surface area (Å²) < 4.78 is 2.65. The van der Waals surface area contributed by atoms with Gasteiger partial charge in [-0.3, -0.25) is 0 Å². The fourth-order valence-electron chi connectivity index (χ4n) is 6.53. The Labute approximate surface area is 224 Å². The quantitative estimate of drug-likeness (QED) is 0.220. The first-order valence-electron chi connectivity index (χ1n) is 13.4. The Balaban J connectivity index is 1.56. The van der Waals surface area contributed by atoms with E-state index in [0.717, 1.165) is 43.7 Å². The Kier molecular flexibility index (Phi) is 5.67. The molecule has 1 nitrogen and oxygen atoms in total. The Morgan fingerprint density at radius 1 is 0.568 bits per heavy atom. The van der Waals surface area contributed by atoms with Gasteiger partial charge in [-0.25, -0.2) is 0 Å². The van der Waals surface area contributed by atoms with Crippen LogP contribution in [0.1, 0.15) is 27.8 Å². The van der Waals surface area contributed by atoms with Crippen molar-refractivity contribution in [2.75, 3.05) is 0 Å². The molecule has 1 heterocycles. The molecule has 0 saturated heterocycles. The number of nitrogens with zero attached hydrogens (tertiary/aromatic N) is 1. The summed E-state index contributed by atoms with van der Waals surface area (Å²) in [6.07, 6.45) is 5.21. The van der Waals surface area contributed by atoms with Gasteiger partial charge in [-0.1, -0.05) is 96.5 Å². The summed E-state index contributed by atoms with van der Waals surface area (Å²) in [5, 5.41) is 0.854. The highest BCUT2D eigenvalue weighted by Gasteiger charge is 2.37. The van der Waals surface area contributed by atoms with Crippen molar-refractivity contribution in [1.29, 1.82) is 0 Å². The Hall–Kier alpha value is -3.68. The molecule has 0 fully saturated rings. The van der Waals surface area contributed by atoms with E-state index in [-0.39, 0.29) is 0 Å². The number of halogens is 1. The van der Waals surface area contributed by atoms with Crippen LogP contribution >= 0.6 is 11.6 Å². The van der Waals surface area contributed by atoms with Gasteiger partial charge in [0, 0.05) is 39.3 Å². The topological polar surface area (TPSA) is 3.88 Å². The summed E-state index contributed by atoms with van der Waals surface area (Å²) in [7, 11) is 0. The van der Waals surface area contributed by atoms with Crippen molar-refractivity contribution in [2.24, 2.45) is 0 Å². The van der Waals surface area contributed by atoms with Gasteiger partial charge in [-0.15, -0.1) is 0 Å². The third kappa shape index (κ3) is 3.81. The highest BCUT2D eigenvalue weighted by Crippen LogP contribution is 2.44. The van der Waals surface area contributed by atoms with E-state index >= 15 is 0 Å². The number of rotatable bonds is 4. The molecule has 37 heavy (non-hydrogen) atoms. The molecule has 0 spiro atoms. The van der Waals surface area contributed by atoms with Crippen LogP contribution in [0.5, 0.6) is 0 Å². The molecular formula is C35H29ClN+. The third-order valence-electron chi connectivity index (χ3n) is 8.17. The third-order valence-corrected chi connectivity index (χ3v) is 8.54. The molecular weight excluding hydrogens is 470 g/mol. The van der Waals surface area contributed by atoms with Crippen LogP contribution in [0.3, 0.4) is 0 Å². The van der Waals surface area contributed by atoms with Crippen LogP contribution in [-0.2, 0) is 38.6 Å². The molecule has 0 saturated carbocycles. The molecule has 180 valence electrons. The molecule has 0 bridgehead atoms. The molecule has 0 radical (unpaired) electrons. The van der Waals surface area contributed by atoms with E-state index in [1.54, 1.807) is 0 Å². The second kappa shape index (κ2) is 9.32. The molecule has 4 aromatic carbocycles. The van der Waals surface area contributed by atoms with Gasteiger partial charge in [0.2, 0.25) is 11.4 Å². The number of benzene rings is 4. The zero-order chi connectivity index (χ0) is 24.8. The van der Waals surface area contributed by atoms with Gasteiger partial charge in [0.05, 0.1) is 0 Å². The highest BCUT2D eigenvalue weighted by atomic mass is 35.5. The molecule has 0 aliphatic heterocycles.